The monoisotopic (exact) mass is 410 g/mol. The van der Waals surface area contributed by atoms with Crippen molar-refractivity contribution in [3.8, 4) is 5.82 Å². The average Bonchev–Trinajstić information content (AvgIpc) is 2.69. The topological polar surface area (TPSA) is 80.0 Å². The summed E-state index contributed by atoms with van der Waals surface area (Å²) in [5.74, 6) is -0.0860. The molecule has 146 valence electrons. The zero-order chi connectivity index (χ0) is 20.3. The Labute approximate surface area is 162 Å². The normalized spacial score (nSPS) is 11.5. The third-order valence-electron chi connectivity index (χ3n) is 3.97. The Morgan fingerprint density at radius 3 is 2.43 bits per heavy atom. The van der Waals surface area contributed by atoms with Crippen LogP contribution in [0.25, 0.3) is 5.82 Å². The highest BCUT2D eigenvalue weighted by Gasteiger charge is 2.30. The van der Waals surface area contributed by atoms with Crippen LogP contribution in [0.5, 0.6) is 0 Å². The number of alkyl halides is 3. The van der Waals surface area contributed by atoms with E-state index in [0.717, 1.165) is 27.9 Å². The number of aliphatic hydroxyl groups excluding tert-OH is 1. The van der Waals surface area contributed by atoms with Crippen molar-refractivity contribution in [3.63, 3.8) is 0 Å². The summed E-state index contributed by atoms with van der Waals surface area (Å²) in [6.45, 7) is 0.158. The van der Waals surface area contributed by atoms with Crippen molar-refractivity contribution >= 4 is 17.3 Å². The van der Waals surface area contributed by atoms with Crippen molar-refractivity contribution in [2.24, 2.45) is 0 Å². The van der Waals surface area contributed by atoms with Gasteiger partial charge in [0.25, 0.3) is 5.56 Å². The molecule has 0 aliphatic heterocycles. The van der Waals surface area contributed by atoms with Gasteiger partial charge in [-0.2, -0.15) is 23.0 Å². The molecule has 0 aliphatic rings. The van der Waals surface area contributed by atoms with Crippen LogP contribution in [-0.2, 0) is 19.3 Å². The Morgan fingerprint density at radius 2 is 1.82 bits per heavy atom. The van der Waals surface area contributed by atoms with Crippen LogP contribution in [0.4, 0.5) is 18.9 Å². The van der Waals surface area contributed by atoms with E-state index >= 15 is 0 Å². The van der Waals surface area contributed by atoms with Gasteiger partial charge < -0.3 is 10.4 Å². The van der Waals surface area contributed by atoms with Crippen LogP contribution in [0.15, 0.2) is 53.6 Å². The Hall–Kier alpha value is -2.91. The molecule has 0 aliphatic carbocycles. The lowest BCUT2D eigenvalue weighted by Crippen LogP contribution is -2.23. The quantitative estimate of drug-likeness (QED) is 0.674. The van der Waals surface area contributed by atoms with Gasteiger partial charge in [-0.1, -0.05) is 35.9 Å². The molecule has 2 aromatic heterocycles. The zero-order valence-electron chi connectivity index (χ0n) is 14.2. The smallest absolute Gasteiger partial charge is 0.392 e. The fourth-order valence-corrected chi connectivity index (χ4v) is 2.67. The predicted molar refractivity (Wildman–Crippen MR) is 97.3 cm³/mol. The molecular weight excluding hydrogens is 397 g/mol. The van der Waals surface area contributed by atoms with Crippen LogP contribution in [0.2, 0.25) is 5.02 Å². The first-order chi connectivity index (χ1) is 13.3. The molecule has 28 heavy (non-hydrogen) atoms. The molecule has 6 nitrogen and oxygen atoms in total. The summed E-state index contributed by atoms with van der Waals surface area (Å²) in [5, 5.41) is 16.1. The first-order valence-electron chi connectivity index (χ1n) is 8.04. The molecular formula is C18H14ClF3N4O2. The lowest BCUT2D eigenvalue weighted by Gasteiger charge is -2.12. The van der Waals surface area contributed by atoms with E-state index in [2.05, 4.69) is 15.4 Å². The largest absolute Gasteiger partial charge is 0.417 e. The van der Waals surface area contributed by atoms with E-state index in [9.17, 15) is 23.1 Å². The molecule has 2 N–H and O–H groups in total. The minimum absolute atomic E-state index is 0.0860. The second kappa shape index (κ2) is 7.99. The number of hydrogen-bond acceptors (Lipinski definition) is 5. The first-order valence-corrected chi connectivity index (χ1v) is 8.42. The average molecular weight is 411 g/mol. The zero-order valence-corrected chi connectivity index (χ0v) is 15.0. The fraction of sp³-hybridized carbons (Fsp3) is 0.167. The van der Waals surface area contributed by atoms with Gasteiger partial charge in [0.1, 0.15) is 5.02 Å². The van der Waals surface area contributed by atoms with Crippen LogP contribution in [0.3, 0.4) is 0 Å². The van der Waals surface area contributed by atoms with Crippen molar-refractivity contribution in [1.82, 2.24) is 14.8 Å². The van der Waals surface area contributed by atoms with Gasteiger partial charge in [-0.05, 0) is 23.3 Å². The summed E-state index contributed by atoms with van der Waals surface area (Å²) in [6, 6.07) is 9.03. The van der Waals surface area contributed by atoms with Gasteiger partial charge >= 0.3 is 6.18 Å². The van der Waals surface area contributed by atoms with Crippen LogP contribution in [0, 0.1) is 0 Å². The number of aliphatic hydroxyl groups is 1. The first kappa shape index (κ1) is 19.8. The molecule has 3 aromatic rings. The Kier molecular flexibility index (Phi) is 5.66. The number of halogens is 4. The Morgan fingerprint density at radius 1 is 1.11 bits per heavy atom. The molecule has 0 amide bonds. The van der Waals surface area contributed by atoms with Crippen molar-refractivity contribution in [2.45, 2.75) is 19.3 Å². The van der Waals surface area contributed by atoms with E-state index < -0.39 is 17.3 Å². The third kappa shape index (κ3) is 4.15. The van der Waals surface area contributed by atoms with Crippen molar-refractivity contribution < 1.29 is 18.3 Å². The number of nitrogens with one attached hydrogen (secondary N) is 1. The van der Waals surface area contributed by atoms with Crippen LogP contribution < -0.4 is 10.9 Å². The molecule has 0 bridgehead atoms. The molecule has 1 aromatic carbocycles. The minimum Gasteiger partial charge on any atom is -0.392 e. The maximum atomic E-state index is 12.6. The van der Waals surface area contributed by atoms with Crippen LogP contribution >= 0.6 is 11.6 Å². The molecule has 0 saturated carbocycles. The highest BCUT2D eigenvalue weighted by atomic mass is 35.5. The molecule has 3 rings (SSSR count). The number of rotatable bonds is 5. The van der Waals surface area contributed by atoms with Gasteiger partial charge in [-0.15, -0.1) is 0 Å². The summed E-state index contributed by atoms with van der Waals surface area (Å²) in [5.41, 5.74) is 0.129. The number of anilines is 1. The Balaban J connectivity index is 1.84. The maximum absolute atomic E-state index is 12.6. The van der Waals surface area contributed by atoms with E-state index in [1.807, 2.05) is 12.1 Å². The van der Waals surface area contributed by atoms with Crippen molar-refractivity contribution in [3.05, 3.63) is 80.9 Å². The van der Waals surface area contributed by atoms with E-state index in [4.69, 9.17) is 11.6 Å². The molecule has 0 fully saturated rings. The summed E-state index contributed by atoms with van der Waals surface area (Å²) >= 11 is 6.10. The molecule has 2 heterocycles. The van der Waals surface area contributed by atoms with Crippen molar-refractivity contribution in [2.75, 3.05) is 5.32 Å². The summed E-state index contributed by atoms with van der Waals surface area (Å²) in [4.78, 5) is 16.1. The van der Waals surface area contributed by atoms with Gasteiger partial charge in [-0.25, -0.2) is 4.98 Å². The van der Waals surface area contributed by atoms with E-state index in [1.165, 1.54) is 6.20 Å². The molecule has 0 radical (unpaired) electrons. The van der Waals surface area contributed by atoms with Gasteiger partial charge in [0, 0.05) is 12.7 Å². The molecule has 0 saturated heterocycles. The lowest BCUT2D eigenvalue weighted by molar-refractivity contribution is -0.137. The molecule has 0 unspecified atom stereocenters. The van der Waals surface area contributed by atoms with Crippen LogP contribution in [-0.4, -0.2) is 19.9 Å². The van der Waals surface area contributed by atoms with Gasteiger partial charge in [0.2, 0.25) is 0 Å². The highest BCUT2D eigenvalue weighted by Crippen LogP contribution is 2.28. The number of nitrogens with zero attached hydrogens (tertiary/aromatic N) is 3. The highest BCUT2D eigenvalue weighted by molar-refractivity contribution is 6.32. The second-order valence-electron chi connectivity index (χ2n) is 5.77. The van der Waals surface area contributed by atoms with Crippen LogP contribution in [0.1, 0.15) is 16.7 Å². The van der Waals surface area contributed by atoms with E-state index in [1.54, 1.807) is 12.1 Å². The molecule has 0 spiro atoms. The molecule has 0 atom stereocenters. The molecule has 10 heteroatoms. The minimum atomic E-state index is -4.53. The SMILES string of the molecule is O=c1c(Cl)c(NCc2ccccc2CO)cnn1-c1ccc(C(F)(F)F)cn1. The van der Waals surface area contributed by atoms with Crippen molar-refractivity contribution in [1.29, 1.82) is 0 Å². The predicted octanol–water partition coefficient (Wildman–Crippen LogP) is 3.40. The Bertz CT molecular complexity index is 1040. The maximum Gasteiger partial charge on any atom is 0.417 e. The number of hydrogen-bond donors (Lipinski definition) is 2. The lowest BCUT2D eigenvalue weighted by atomic mass is 10.1. The number of benzene rings is 1. The fourth-order valence-electron chi connectivity index (χ4n) is 2.47. The van der Waals surface area contributed by atoms with E-state index in [-0.39, 0.29) is 23.1 Å². The number of pyridine rings is 1. The van der Waals surface area contributed by atoms with Gasteiger partial charge in [0.05, 0.1) is 24.1 Å². The van der Waals surface area contributed by atoms with E-state index in [0.29, 0.717) is 12.7 Å². The standard InChI is InChI=1S/C18H14ClF3N4O2/c19-16-14(23-7-11-3-1-2-4-12(11)10-27)9-25-26(17(16)28)15-6-5-13(8-24-15)18(20,21)22/h1-6,8-9,23,27H,7,10H2. The summed E-state index contributed by atoms with van der Waals surface area (Å²) in [7, 11) is 0. The number of aromatic nitrogens is 3. The third-order valence-corrected chi connectivity index (χ3v) is 4.33. The summed E-state index contributed by atoms with van der Waals surface area (Å²) < 4.78 is 38.7. The summed E-state index contributed by atoms with van der Waals surface area (Å²) in [6.07, 6.45) is -2.62. The van der Waals surface area contributed by atoms with Gasteiger partial charge in [0.15, 0.2) is 5.82 Å². The second-order valence-corrected chi connectivity index (χ2v) is 6.15. The van der Waals surface area contributed by atoms with Gasteiger partial charge in [-0.3, -0.25) is 4.79 Å².